The van der Waals surface area contributed by atoms with Crippen molar-refractivity contribution in [3.8, 4) is 11.9 Å². The minimum absolute atomic E-state index is 0.558. The number of rotatable bonds is 9. The van der Waals surface area contributed by atoms with Crippen LogP contribution in [0.25, 0.3) is 0 Å². The van der Waals surface area contributed by atoms with E-state index in [9.17, 15) is 0 Å². The average molecular weight is 447 g/mol. The van der Waals surface area contributed by atoms with E-state index in [0.717, 1.165) is 29.9 Å². The van der Waals surface area contributed by atoms with Crippen molar-refractivity contribution in [2.24, 2.45) is 0 Å². The molecule has 0 saturated carbocycles. The minimum atomic E-state index is 0.558. The molecule has 3 rings (SSSR count). The number of anilines is 1. The maximum Gasteiger partial charge on any atom is 0.213 e. The topological polar surface area (TPSA) is 79.0 Å². The summed E-state index contributed by atoms with van der Waals surface area (Å²) in [5.74, 6) is 0.558. The maximum absolute atomic E-state index is 8.97. The first kappa shape index (κ1) is 23.0. The number of thiocarbonyl (C=S) groups is 1. The van der Waals surface area contributed by atoms with Gasteiger partial charge in [-0.2, -0.15) is 5.26 Å². The SMILES string of the molecule is CC=CCN(CCc1cncn1Cc1ccc(C#N)cc1)C(=S)Nc1ccc(OC)nc1. The van der Waals surface area contributed by atoms with Crippen LogP contribution >= 0.6 is 12.2 Å². The molecule has 0 aliphatic carbocycles. The Hall–Kier alpha value is -3.70. The van der Waals surface area contributed by atoms with Gasteiger partial charge in [0.15, 0.2) is 5.11 Å². The Morgan fingerprint density at radius 3 is 2.72 bits per heavy atom. The Morgan fingerprint density at radius 2 is 2.06 bits per heavy atom. The number of hydrogen-bond acceptors (Lipinski definition) is 5. The van der Waals surface area contributed by atoms with Crippen molar-refractivity contribution in [2.75, 3.05) is 25.5 Å². The van der Waals surface area contributed by atoms with E-state index in [-0.39, 0.29) is 0 Å². The normalized spacial score (nSPS) is 10.7. The quantitative estimate of drug-likeness (QED) is 0.393. The monoisotopic (exact) mass is 446 g/mol. The van der Waals surface area contributed by atoms with Crippen LogP contribution in [0.5, 0.6) is 5.88 Å². The third-order valence-electron chi connectivity index (χ3n) is 4.92. The zero-order chi connectivity index (χ0) is 22.8. The first-order chi connectivity index (χ1) is 15.6. The molecule has 2 aromatic heterocycles. The Labute approximate surface area is 194 Å². The summed E-state index contributed by atoms with van der Waals surface area (Å²) in [5.41, 5.74) is 3.71. The Morgan fingerprint density at radius 1 is 1.25 bits per heavy atom. The molecule has 0 saturated heterocycles. The molecule has 2 heterocycles. The van der Waals surface area contributed by atoms with E-state index in [0.29, 0.717) is 29.6 Å². The van der Waals surface area contributed by atoms with E-state index in [1.54, 1.807) is 19.4 Å². The second-order valence-corrected chi connectivity index (χ2v) is 7.49. The molecule has 164 valence electrons. The molecule has 32 heavy (non-hydrogen) atoms. The number of nitriles is 1. The Balaban J connectivity index is 1.64. The van der Waals surface area contributed by atoms with Gasteiger partial charge in [0, 0.05) is 44.0 Å². The fourth-order valence-corrected chi connectivity index (χ4v) is 3.40. The van der Waals surface area contributed by atoms with Gasteiger partial charge >= 0.3 is 0 Å². The second kappa shape index (κ2) is 11.6. The molecule has 8 heteroatoms. The molecule has 0 amide bonds. The van der Waals surface area contributed by atoms with Crippen molar-refractivity contribution in [2.45, 2.75) is 19.9 Å². The summed E-state index contributed by atoms with van der Waals surface area (Å²) in [5, 5.41) is 12.9. The number of pyridine rings is 1. The number of benzene rings is 1. The van der Waals surface area contributed by atoms with E-state index in [1.165, 1.54) is 0 Å². The van der Waals surface area contributed by atoms with Crippen LogP contribution in [-0.4, -0.2) is 44.7 Å². The number of allylic oxidation sites excluding steroid dienone is 1. The van der Waals surface area contributed by atoms with E-state index in [2.05, 4.69) is 36.9 Å². The van der Waals surface area contributed by atoms with Gasteiger partial charge in [-0.1, -0.05) is 24.3 Å². The molecule has 0 spiro atoms. The van der Waals surface area contributed by atoms with Crippen LogP contribution in [0, 0.1) is 11.3 Å². The van der Waals surface area contributed by atoms with Gasteiger partial charge in [-0.15, -0.1) is 0 Å². The lowest BCUT2D eigenvalue weighted by Crippen LogP contribution is -2.36. The predicted molar refractivity (Wildman–Crippen MR) is 130 cm³/mol. The maximum atomic E-state index is 8.97. The standard InChI is InChI=1S/C24H26N6OS/c1-3-4-12-29(24(32)28-21-9-10-23(31-2)27-15-21)13-11-22-16-26-18-30(22)17-20-7-5-19(14-25)6-8-20/h3-10,15-16,18H,11-13,17H2,1-2H3,(H,28,32). The predicted octanol–water partition coefficient (Wildman–Crippen LogP) is 4.02. The fraction of sp³-hybridized carbons (Fsp3) is 0.250. The lowest BCUT2D eigenvalue weighted by molar-refractivity contribution is 0.398. The number of hydrogen-bond donors (Lipinski definition) is 1. The largest absolute Gasteiger partial charge is 0.481 e. The van der Waals surface area contributed by atoms with Crippen molar-refractivity contribution < 1.29 is 4.74 Å². The van der Waals surface area contributed by atoms with E-state index >= 15 is 0 Å². The lowest BCUT2D eigenvalue weighted by Gasteiger charge is -2.25. The number of nitrogens with zero attached hydrogens (tertiary/aromatic N) is 5. The summed E-state index contributed by atoms with van der Waals surface area (Å²) in [4.78, 5) is 10.7. The highest BCUT2D eigenvalue weighted by molar-refractivity contribution is 7.80. The average Bonchev–Trinajstić information content (AvgIpc) is 3.26. The third kappa shape index (κ3) is 6.40. The van der Waals surface area contributed by atoms with Crippen LogP contribution < -0.4 is 10.1 Å². The van der Waals surface area contributed by atoms with Gasteiger partial charge < -0.3 is 19.5 Å². The summed E-state index contributed by atoms with van der Waals surface area (Å²) >= 11 is 5.66. The molecule has 0 atom stereocenters. The number of aromatic nitrogens is 3. The van der Waals surface area contributed by atoms with Gasteiger partial charge in [-0.05, 0) is 42.9 Å². The molecule has 0 radical (unpaired) electrons. The molecular formula is C24H26N6OS. The van der Waals surface area contributed by atoms with Crippen molar-refractivity contribution >= 4 is 23.0 Å². The van der Waals surface area contributed by atoms with E-state index < -0.39 is 0 Å². The van der Waals surface area contributed by atoms with Gasteiger partial charge in [0.1, 0.15) is 0 Å². The van der Waals surface area contributed by atoms with Crippen LogP contribution in [0.1, 0.15) is 23.7 Å². The Bertz CT molecular complexity index is 1080. The molecule has 0 aliphatic heterocycles. The highest BCUT2D eigenvalue weighted by atomic mass is 32.1. The zero-order valence-corrected chi connectivity index (χ0v) is 19.0. The summed E-state index contributed by atoms with van der Waals surface area (Å²) in [7, 11) is 1.59. The second-order valence-electron chi connectivity index (χ2n) is 7.11. The molecule has 0 unspecified atom stereocenters. The highest BCUT2D eigenvalue weighted by Crippen LogP contribution is 2.13. The van der Waals surface area contributed by atoms with Gasteiger partial charge in [0.2, 0.25) is 5.88 Å². The minimum Gasteiger partial charge on any atom is -0.481 e. The van der Waals surface area contributed by atoms with Gasteiger partial charge in [0.25, 0.3) is 0 Å². The van der Waals surface area contributed by atoms with Crippen LogP contribution in [0.4, 0.5) is 5.69 Å². The molecule has 1 N–H and O–H groups in total. The van der Waals surface area contributed by atoms with Crippen molar-refractivity contribution in [3.05, 3.63) is 84.1 Å². The van der Waals surface area contributed by atoms with Crippen molar-refractivity contribution in [3.63, 3.8) is 0 Å². The van der Waals surface area contributed by atoms with Gasteiger partial charge in [0.05, 0.1) is 37.0 Å². The smallest absolute Gasteiger partial charge is 0.213 e. The van der Waals surface area contributed by atoms with E-state index in [4.69, 9.17) is 22.2 Å². The number of nitrogens with one attached hydrogen (secondary N) is 1. The molecule has 0 aliphatic rings. The third-order valence-corrected chi connectivity index (χ3v) is 5.28. The summed E-state index contributed by atoms with van der Waals surface area (Å²) in [6.45, 7) is 4.14. The fourth-order valence-electron chi connectivity index (χ4n) is 3.12. The van der Waals surface area contributed by atoms with Gasteiger partial charge in [-0.3, -0.25) is 0 Å². The summed E-state index contributed by atoms with van der Waals surface area (Å²) in [6.07, 6.45) is 10.3. The Kier molecular flexibility index (Phi) is 8.35. The highest BCUT2D eigenvalue weighted by Gasteiger charge is 2.11. The first-order valence-corrected chi connectivity index (χ1v) is 10.7. The first-order valence-electron chi connectivity index (χ1n) is 10.3. The summed E-state index contributed by atoms with van der Waals surface area (Å²) in [6, 6.07) is 13.5. The van der Waals surface area contributed by atoms with Crippen molar-refractivity contribution in [1.82, 2.24) is 19.4 Å². The molecule has 7 nitrogen and oxygen atoms in total. The zero-order valence-electron chi connectivity index (χ0n) is 18.2. The number of ether oxygens (including phenoxy) is 1. The number of imidazole rings is 1. The molecule has 0 bridgehead atoms. The van der Waals surface area contributed by atoms with Crippen molar-refractivity contribution in [1.29, 1.82) is 5.26 Å². The molecule has 1 aromatic carbocycles. The lowest BCUT2D eigenvalue weighted by atomic mass is 10.1. The van der Waals surface area contributed by atoms with E-state index in [1.807, 2.05) is 55.9 Å². The van der Waals surface area contributed by atoms with Gasteiger partial charge in [-0.25, -0.2) is 9.97 Å². The number of methoxy groups -OCH3 is 1. The molecule has 3 aromatic rings. The molecular weight excluding hydrogens is 420 g/mol. The van der Waals surface area contributed by atoms with Crippen LogP contribution in [-0.2, 0) is 13.0 Å². The molecule has 0 fully saturated rings. The van der Waals surface area contributed by atoms with Crippen LogP contribution in [0.15, 0.2) is 67.3 Å². The summed E-state index contributed by atoms with van der Waals surface area (Å²) < 4.78 is 7.23. The van der Waals surface area contributed by atoms with Crippen LogP contribution in [0.2, 0.25) is 0 Å². The van der Waals surface area contributed by atoms with Crippen LogP contribution in [0.3, 0.4) is 0 Å².